The summed E-state index contributed by atoms with van der Waals surface area (Å²) in [4.78, 5) is 0.161. The summed E-state index contributed by atoms with van der Waals surface area (Å²) in [6.45, 7) is 0. The van der Waals surface area contributed by atoms with Gasteiger partial charge in [-0.1, -0.05) is 6.07 Å². The fourth-order valence-corrected chi connectivity index (χ4v) is 2.57. The van der Waals surface area contributed by atoms with Gasteiger partial charge < -0.3 is 0 Å². The van der Waals surface area contributed by atoms with E-state index in [4.69, 9.17) is 5.26 Å². The first kappa shape index (κ1) is 10.1. The lowest BCUT2D eigenvalue weighted by Gasteiger charge is -2.04. The van der Waals surface area contributed by atoms with E-state index in [1.807, 2.05) is 6.07 Å². The number of hydrogen-bond donors (Lipinski definition) is 1. The highest BCUT2D eigenvalue weighted by molar-refractivity contribution is 7.89. The van der Waals surface area contributed by atoms with E-state index in [1.54, 1.807) is 12.1 Å². The third kappa shape index (κ3) is 2.35. The van der Waals surface area contributed by atoms with Gasteiger partial charge in [-0.05, 0) is 31.0 Å². The van der Waals surface area contributed by atoms with E-state index in [9.17, 15) is 8.42 Å². The fourth-order valence-electron chi connectivity index (χ4n) is 1.22. The zero-order valence-corrected chi connectivity index (χ0v) is 8.79. The Bertz CT molecular complexity index is 512. The second-order valence-electron chi connectivity index (χ2n) is 3.54. The molecular formula is C10H10N2O2S. The van der Waals surface area contributed by atoms with Gasteiger partial charge in [0.05, 0.1) is 16.5 Å². The molecule has 0 spiro atoms. The molecule has 2 rings (SSSR count). The van der Waals surface area contributed by atoms with Gasteiger partial charge in [0.25, 0.3) is 0 Å². The molecule has 1 aliphatic carbocycles. The Morgan fingerprint density at radius 2 is 2.13 bits per heavy atom. The van der Waals surface area contributed by atoms with E-state index in [-0.39, 0.29) is 10.9 Å². The van der Waals surface area contributed by atoms with E-state index in [2.05, 4.69) is 4.72 Å². The van der Waals surface area contributed by atoms with Crippen molar-refractivity contribution in [2.24, 2.45) is 0 Å². The lowest BCUT2D eigenvalue weighted by Crippen LogP contribution is -2.25. The maximum Gasteiger partial charge on any atom is 0.240 e. The minimum atomic E-state index is -3.43. The zero-order valence-electron chi connectivity index (χ0n) is 7.97. The van der Waals surface area contributed by atoms with E-state index < -0.39 is 10.0 Å². The van der Waals surface area contributed by atoms with Crippen LogP contribution in [0, 0.1) is 11.3 Å². The SMILES string of the molecule is N#Cc1cccc(S(=O)(=O)NC2CC2)c1. The van der Waals surface area contributed by atoms with Gasteiger partial charge in [-0.2, -0.15) is 5.26 Å². The lowest BCUT2D eigenvalue weighted by molar-refractivity contribution is 0.581. The highest BCUT2D eigenvalue weighted by Crippen LogP contribution is 2.22. The van der Waals surface area contributed by atoms with Crippen LogP contribution >= 0.6 is 0 Å². The molecule has 15 heavy (non-hydrogen) atoms. The summed E-state index contributed by atoms with van der Waals surface area (Å²) in [7, 11) is -3.43. The number of nitrogens with zero attached hydrogens (tertiary/aromatic N) is 1. The molecule has 0 heterocycles. The monoisotopic (exact) mass is 222 g/mol. The molecule has 0 atom stereocenters. The zero-order chi connectivity index (χ0) is 10.9. The van der Waals surface area contributed by atoms with Gasteiger partial charge in [-0.25, -0.2) is 13.1 Å². The number of benzene rings is 1. The van der Waals surface area contributed by atoms with Crippen molar-refractivity contribution in [3.63, 3.8) is 0 Å². The fraction of sp³-hybridized carbons (Fsp3) is 0.300. The van der Waals surface area contributed by atoms with Gasteiger partial charge in [0.2, 0.25) is 10.0 Å². The molecule has 4 nitrogen and oxygen atoms in total. The van der Waals surface area contributed by atoms with Crippen LogP contribution in [0.5, 0.6) is 0 Å². The second-order valence-corrected chi connectivity index (χ2v) is 5.25. The van der Waals surface area contributed by atoms with Crippen LogP contribution < -0.4 is 4.72 Å². The molecule has 1 fully saturated rings. The van der Waals surface area contributed by atoms with Crippen molar-refractivity contribution in [3.05, 3.63) is 29.8 Å². The Morgan fingerprint density at radius 3 is 2.73 bits per heavy atom. The van der Waals surface area contributed by atoms with Crippen LogP contribution in [0.2, 0.25) is 0 Å². The lowest BCUT2D eigenvalue weighted by atomic mass is 10.2. The summed E-state index contributed by atoms with van der Waals surface area (Å²) >= 11 is 0. The van der Waals surface area contributed by atoms with Crippen LogP contribution in [0.15, 0.2) is 29.2 Å². The molecule has 0 saturated heterocycles. The Morgan fingerprint density at radius 1 is 1.40 bits per heavy atom. The predicted octanol–water partition coefficient (Wildman–Crippen LogP) is 0.999. The van der Waals surface area contributed by atoms with Crippen molar-refractivity contribution >= 4 is 10.0 Å². The summed E-state index contributed by atoms with van der Waals surface area (Å²) in [6, 6.07) is 8.02. The molecule has 0 bridgehead atoms. The van der Waals surface area contributed by atoms with Crippen LogP contribution in [0.4, 0.5) is 0 Å². The standard InChI is InChI=1S/C10H10N2O2S/c11-7-8-2-1-3-10(6-8)15(13,14)12-9-4-5-9/h1-3,6,9,12H,4-5H2. The molecule has 0 radical (unpaired) electrons. The summed E-state index contributed by atoms with van der Waals surface area (Å²) in [5.41, 5.74) is 0.355. The molecule has 0 aliphatic heterocycles. The van der Waals surface area contributed by atoms with Crippen molar-refractivity contribution < 1.29 is 8.42 Å². The molecule has 1 saturated carbocycles. The van der Waals surface area contributed by atoms with Crippen LogP contribution in [-0.4, -0.2) is 14.5 Å². The quantitative estimate of drug-likeness (QED) is 0.829. The first-order valence-corrected chi connectivity index (χ1v) is 6.12. The molecule has 1 aromatic rings. The van der Waals surface area contributed by atoms with Crippen LogP contribution in [0.1, 0.15) is 18.4 Å². The first-order valence-electron chi connectivity index (χ1n) is 4.64. The van der Waals surface area contributed by atoms with E-state index in [0.717, 1.165) is 12.8 Å². The number of sulfonamides is 1. The topological polar surface area (TPSA) is 70.0 Å². The minimum Gasteiger partial charge on any atom is -0.208 e. The van der Waals surface area contributed by atoms with Gasteiger partial charge in [0.15, 0.2) is 0 Å². The van der Waals surface area contributed by atoms with Crippen molar-refractivity contribution in [1.82, 2.24) is 4.72 Å². The van der Waals surface area contributed by atoms with Gasteiger partial charge >= 0.3 is 0 Å². The maximum absolute atomic E-state index is 11.7. The molecule has 5 heteroatoms. The van der Waals surface area contributed by atoms with Crippen molar-refractivity contribution in [1.29, 1.82) is 5.26 Å². The summed E-state index contributed by atoms with van der Waals surface area (Å²) in [5, 5.41) is 8.66. The number of nitriles is 1. The smallest absolute Gasteiger partial charge is 0.208 e. The first-order chi connectivity index (χ1) is 7.12. The molecule has 0 aromatic heterocycles. The molecule has 78 valence electrons. The Labute approximate surface area is 88.6 Å². The third-order valence-corrected chi connectivity index (χ3v) is 3.69. The largest absolute Gasteiger partial charge is 0.240 e. The molecule has 1 aliphatic rings. The third-order valence-electron chi connectivity index (χ3n) is 2.17. The molecular weight excluding hydrogens is 212 g/mol. The Hall–Kier alpha value is -1.38. The predicted molar refractivity (Wildman–Crippen MR) is 54.5 cm³/mol. The second kappa shape index (κ2) is 3.65. The normalized spacial score (nSPS) is 15.9. The van der Waals surface area contributed by atoms with Gasteiger partial charge in [-0.3, -0.25) is 0 Å². The number of nitrogens with one attached hydrogen (secondary N) is 1. The van der Waals surface area contributed by atoms with Crippen molar-refractivity contribution in [2.75, 3.05) is 0 Å². The van der Waals surface area contributed by atoms with E-state index in [1.165, 1.54) is 12.1 Å². The molecule has 0 amide bonds. The number of hydrogen-bond acceptors (Lipinski definition) is 3. The highest BCUT2D eigenvalue weighted by atomic mass is 32.2. The number of rotatable bonds is 3. The van der Waals surface area contributed by atoms with Crippen molar-refractivity contribution in [3.8, 4) is 6.07 Å². The molecule has 1 N–H and O–H groups in total. The molecule has 1 aromatic carbocycles. The average molecular weight is 222 g/mol. The van der Waals surface area contributed by atoms with Crippen LogP contribution in [-0.2, 0) is 10.0 Å². The minimum absolute atomic E-state index is 0.0840. The van der Waals surface area contributed by atoms with Gasteiger partial charge in [0.1, 0.15) is 0 Å². The molecule has 0 unspecified atom stereocenters. The summed E-state index contributed by atoms with van der Waals surface area (Å²) in [6.07, 6.45) is 1.80. The van der Waals surface area contributed by atoms with Gasteiger partial charge in [-0.15, -0.1) is 0 Å². The van der Waals surface area contributed by atoms with Crippen LogP contribution in [0.3, 0.4) is 0 Å². The van der Waals surface area contributed by atoms with E-state index >= 15 is 0 Å². The summed E-state index contributed by atoms with van der Waals surface area (Å²) in [5.74, 6) is 0. The Balaban J connectivity index is 2.31. The van der Waals surface area contributed by atoms with Gasteiger partial charge in [0, 0.05) is 6.04 Å². The van der Waals surface area contributed by atoms with E-state index in [0.29, 0.717) is 5.56 Å². The average Bonchev–Trinajstić information content (AvgIpc) is 3.01. The summed E-state index contributed by atoms with van der Waals surface area (Å²) < 4.78 is 26.0. The maximum atomic E-state index is 11.7. The highest BCUT2D eigenvalue weighted by Gasteiger charge is 2.27. The Kier molecular flexibility index (Phi) is 2.47. The van der Waals surface area contributed by atoms with Crippen molar-refractivity contribution in [2.45, 2.75) is 23.8 Å². The van der Waals surface area contributed by atoms with Crippen LogP contribution in [0.25, 0.3) is 0 Å².